The molecule has 0 bridgehead atoms. The Kier molecular flexibility index (Phi) is 10.3. The van der Waals surface area contributed by atoms with Crippen LogP contribution in [0.15, 0.2) is 23.3 Å². The SMILES string of the molecule is CN=C(NCCN1CCCCC1)NCc1ccnc(N2CCN(C)CC2)c1.I. The van der Waals surface area contributed by atoms with E-state index in [0.29, 0.717) is 0 Å². The van der Waals surface area contributed by atoms with E-state index in [1.165, 1.54) is 37.9 Å². The summed E-state index contributed by atoms with van der Waals surface area (Å²) in [5.74, 6) is 1.94. The van der Waals surface area contributed by atoms with E-state index in [1.54, 1.807) is 0 Å². The summed E-state index contributed by atoms with van der Waals surface area (Å²) in [6.07, 6.45) is 5.97. The molecule has 2 N–H and O–H groups in total. The lowest BCUT2D eigenvalue weighted by Crippen LogP contribution is -2.45. The molecule has 0 aromatic carbocycles. The minimum atomic E-state index is 0. The molecule has 158 valence electrons. The molecule has 0 amide bonds. The van der Waals surface area contributed by atoms with Crippen LogP contribution in [0.3, 0.4) is 0 Å². The zero-order chi connectivity index (χ0) is 18.9. The summed E-state index contributed by atoms with van der Waals surface area (Å²) in [5, 5.41) is 6.86. The molecule has 28 heavy (non-hydrogen) atoms. The molecule has 0 unspecified atom stereocenters. The summed E-state index contributed by atoms with van der Waals surface area (Å²) < 4.78 is 0. The van der Waals surface area contributed by atoms with E-state index in [2.05, 4.69) is 54.5 Å². The maximum absolute atomic E-state index is 4.56. The highest BCUT2D eigenvalue weighted by Gasteiger charge is 2.15. The highest BCUT2D eigenvalue weighted by molar-refractivity contribution is 14.0. The second-order valence-electron chi connectivity index (χ2n) is 7.57. The predicted molar refractivity (Wildman–Crippen MR) is 128 cm³/mol. The van der Waals surface area contributed by atoms with Crippen LogP contribution in [0.25, 0.3) is 0 Å². The van der Waals surface area contributed by atoms with E-state index in [1.807, 2.05) is 13.2 Å². The molecule has 0 spiro atoms. The molecule has 2 aliphatic heterocycles. The van der Waals surface area contributed by atoms with Crippen molar-refractivity contribution in [2.45, 2.75) is 25.8 Å². The van der Waals surface area contributed by atoms with E-state index >= 15 is 0 Å². The number of aliphatic imine (C=N–C) groups is 1. The number of likely N-dealkylation sites (N-methyl/N-ethyl adjacent to an activating group) is 1. The number of nitrogens with one attached hydrogen (secondary N) is 2. The van der Waals surface area contributed by atoms with Crippen LogP contribution in [0.1, 0.15) is 24.8 Å². The molecule has 2 saturated heterocycles. The van der Waals surface area contributed by atoms with Crippen LogP contribution in [-0.2, 0) is 6.54 Å². The van der Waals surface area contributed by atoms with E-state index in [-0.39, 0.29) is 24.0 Å². The van der Waals surface area contributed by atoms with E-state index < -0.39 is 0 Å². The zero-order valence-corrected chi connectivity index (χ0v) is 19.7. The number of pyridine rings is 1. The van der Waals surface area contributed by atoms with Crippen molar-refractivity contribution in [3.8, 4) is 0 Å². The number of nitrogens with zero attached hydrogens (tertiary/aromatic N) is 5. The standard InChI is InChI=1S/C20H35N7.HI/c1-21-20(23-8-11-26-9-4-3-5-10-26)24-17-18-6-7-22-19(16-18)27-14-12-25(2)13-15-27;/h6-7,16H,3-5,8-15,17H2,1-2H3,(H2,21,23,24);1H. The zero-order valence-electron chi connectivity index (χ0n) is 17.4. The maximum atomic E-state index is 4.56. The molecular formula is C20H36IN7. The number of guanidine groups is 1. The van der Waals surface area contributed by atoms with Gasteiger partial charge in [0.2, 0.25) is 0 Å². The predicted octanol–water partition coefficient (Wildman–Crippen LogP) is 1.60. The maximum Gasteiger partial charge on any atom is 0.191 e. The summed E-state index contributed by atoms with van der Waals surface area (Å²) in [5.41, 5.74) is 1.23. The smallest absolute Gasteiger partial charge is 0.191 e. The van der Waals surface area contributed by atoms with Gasteiger partial charge < -0.3 is 25.3 Å². The Balaban J connectivity index is 0.00000280. The number of hydrogen-bond acceptors (Lipinski definition) is 5. The van der Waals surface area contributed by atoms with Crippen molar-refractivity contribution in [2.24, 2.45) is 4.99 Å². The van der Waals surface area contributed by atoms with Gasteiger partial charge in [0.25, 0.3) is 0 Å². The third-order valence-electron chi connectivity index (χ3n) is 5.49. The number of anilines is 1. The molecule has 7 nitrogen and oxygen atoms in total. The first-order valence-electron chi connectivity index (χ1n) is 10.3. The number of piperazine rings is 1. The van der Waals surface area contributed by atoms with Crippen LogP contribution in [0.2, 0.25) is 0 Å². The van der Waals surface area contributed by atoms with E-state index in [9.17, 15) is 0 Å². The summed E-state index contributed by atoms with van der Waals surface area (Å²) in [6, 6.07) is 4.27. The highest BCUT2D eigenvalue weighted by atomic mass is 127. The first kappa shape index (κ1) is 23.2. The average Bonchev–Trinajstić information content (AvgIpc) is 2.72. The number of likely N-dealkylation sites (tertiary alicyclic amines) is 1. The second kappa shape index (κ2) is 12.4. The van der Waals surface area contributed by atoms with Crippen LogP contribution < -0.4 is 15.5 Å². The van der Waals surface area contributed by atoms with Crippen molar-refractivity contribution in [1.29, 1.82) is 0 Å². The molecule has 1 aromatic rings. The van der Waals surface area contributed by atoms with Crippen molar-refractivity contribution in [3.63, 3.8) is 0 Å². The number of piperidine rings is 1. The van der Waals surface area contributed by atoms with Gasteiger partial charge in [0.05, 0.1) is 0 Å². The van der Waals surface area contributed by atoms with Crippen molar-refractivity contribution < 1.29 is 0 Å². The lowest BCUT2D eigenvalue weighted by molar-refractivity contribution is 0.232. The summed E-state index contributed by atoms with van der Waals surface area (Å²) in [4.78, 5) is 16.2. The first-order chi connectivity index (χ1) is 13.2. The van der Waals surface area contributed by atoms with Gasteiger partial charge in [0, 0.05) is 59.1 Å². The summed E-state index contributed by atoms with van der Waals surface area (Å²) in [6.45, 7) is 9.52. The molecule has 3 heterocycles. The van der Waals surface area contributed by atoms with Crippen LogP contribution >= 0.6 is 24.0 Å². The molecule has 0 radical (unpaired) electrons. The Morgan fingerprint density at radius 2 is 1.82 bits per heavy atom. The summed E-state index contributed by atoms with van der Waals surface area (Å²) >= 11 is 0. The largest absolute Gasteiger partial charge is 0.355 e. The van der Waals surface area contributed by atoms with Gasteiger partial charge in [-0.15, -0.1) is 24.0 Å². The van der Waals surface area contributed by atoms with E-state index in [0.717, 1.165) is 57.6 Å². The van der Waals surface area contributed by atoms with Crippen molar-refractivity contribution >= 4 is 35.8 Å². The topological polar surface area (TPSA) is 59.0 Å². The molecule has 1 aromatic heterocycles. The van der Waals surface area contributed by atoms with Gasteiger partial charge in [-0.3, -0.25) is 4.99 Å². The van der Waals surface area contributed by atoms with Crippen LogP contribution in [0, 0.1) is 0 Å². The second-order valence-corrected chi connectivity index (χ2v) is 7.57. The first-order valence-corrected chi connectivity index (χ1v) is 10.3. The Hall–Kier alpha value is -1.13. The monoisotopic (exact) mass is 501 g/mol. The third-order valence-corrected chi connectivity index (χ3v) is 5.49. The normalized spacial score (nSPS) is 19.2. The fourth-order valence-corrected chi connectivity index (χ4v) is 3.70. The van der Waals surface area contributed by atoms with Crippen molar-refractivity contribution in [3.05, 3.63) is 23.9 Å². The Labute approximate surface area is 187 Å². The van der Waals surface area contributed by atoms with Crippen LogP contribution in [-0.4, -0.2) is 87.2 Å². The molecule has 0 atom stereocenters. The Bertz CT molecular complexity index is 596. The fourth-order valence-electron chi connectivity index (χ4n) is 3.70. The molecule has 3 rings (SSSR count). The third kappa shape index (κ3) is 7.36. The van der Waals surface area contributed by atoms with Gasteiger partial charge in [-0.25, -0.2) is 4.98 Å². The lowest BCUT2D eigenvalue weighted by Gasteiger charge is -2.33. The van der Waals surface area contributed by atoms with Crippen LogP contribution in [0.5, 0.6) is 0 Å². The minimum absolute atomic E-state index is 0. The van der Waals surface area contributed by atoms with Gasteiger partial charge in [0.15, 0.2) is 5.96 Å². The molecule has 0 saturated carbocycles. The van der Waals surface area contributed by atoms with E-state index in [4.69, 9.17) is 0 Å². The Morgan fingerprint density at radius 1 is 1.07 bits per heavy atom. The van der Waals surface area contributed by atoms with Gasteiger partial charge in [-0.05, 0) is 50.7 Å². The van der Waals surface area contributed by atoms with Gasteiger partial charge in [-0.2, -0.15) is 0 Å². The minimum Gasteiger partial charge on any atom is -0.355 e. The lowest BCUT2D eigenvalue weighted by atomic mass is 10.1. The Morgan fingerprint density at radius 3 is 2.54 bits per heavy atom. The fraction of sp³-hybridized carbons (Fsp3) is 0.700. The quantitative estimate of drug-likeness (QED) is 0.351. The molecule has 8 heteroatoms. The van der Waals surface area contributed by atoms with Gasteiger partial charge in [0.1, 0.15) is 5.82 Å². The van der Waals surface area contributed by atoms with Gasteiger partial charge >= 0.3 is 0 Å². The number of aromatic nitrogens is 1. The van der Waals surface area contributed by atoms with Crippen molar-refractivity contribution in [2.75, 3.05) is 71.4 Å². The van der Waals surface area contributed by atoms with Crippen molar-refractivity contribution in [1.82, 2.24) is 25.4 Å². The highest BCUT2D eigenvalue weighted by Crippen LogP contribution is 2.14. The average molecular weight is 501 g/mol. The molecule has 2 fully saturated rings. The summed E-state index contributed by atoms with van der Waals surface area (Å²) in [7, 11) is 4.01. The molecular weight excluding hydrogens is 465 g/mol. The van der Waals surface area contributed by atoms with Crippen LogP contribution in [0.4, 0.5) is 5.82 Å². The molecule has 2 aliphatic rings. The number of halogens is 1. The number of rotatable bonds is 6. The number of hydrogen-bond donors (Lipinski definition) is 2. The van der Waals surface area contributed by atoms with Gasteiger partial charge in [-0.1, -0.05) is 6.42 Å². The molecule has 0 aliphatic carbocycles.